The molecule has 28 heavy (non-hydrogen) atoms. The number of carbonyl (C=O) groups excluding carboxylic acids is 1. The first-order valence-corrected chi connectivity index (χ1v) is 9.45. The molecular formula is C20H22ClN3O4. The lowest BCUT2D eigenvalue weighted by Crippen LogP contribution is -2.40. The molecule has 2 aromatic rings. The molecule has 1 saturated heterocycles. The molecule has 0 bridgehead atoms. The summed E-state index contributed by atoms with van der Waals surface area (Å²) in [6.45, 7) is 1.64. The van der Waals surface area contributed by atoms with Crippen LogP contribution in [0.15, 0.2) is 42.5 Å². The summed E-state index contributed by atoms with van der Waals surface area (Å²) in [5, 5.41) is 14.6. The highest BCUT2D eigenvalue weighted by atomic mass is 35.5. The molecule has 0 unspecified atom stereocenters. The molecule has 0 aliphatic carbocycles. The standard InChI is InChI=1S/C20H22ClN3O4/c1-28-17-5-2-14(3-6-17)13-22-20(25)15-8-10-23(11-9-15)18-7-4-16(21)12-19(18)24(26)27/h2-7,12,15H,8-11,13H2,1H3,(H,22,25). The largest absolute Gasteiger partial charge is 0.497 e. The molecule has 7 nitrogen and oxygen atoms in total. The number of methoxy groups -OCH3 is 1. The quantitative estimate of drug-likeness (QED) is 0.586. The van der Waals surface area contributed by atoms with Gasteiger partial charge in [-0.3, -0.25) is 14.9 Å². The number of rotatable bonds is 6. The van der Waals surface area contributed by atoms with Gasteiger partial charge in [0, 0.05) is 36.6 Å². The number of hydrogen-bond acceptors (Lipinski definition) is 5. The van der Waals surface area contributed by atoms with Crippen LogP contribution >= 0.6 is 11.6 Å². The molecule has 2 aromatic carbocycles. The van der Waals surface area contributed by atoms with Crippen LogP contribution in [0.25, 0.3) is 0 Å². The number of carbonyl (C=O) groups is 1. The third-order valence-electron chi connectivity index (χ3n) is 4.97. The molecule has 8 heteroatoms. The normalized spacial score (nSPS) is 14.6. The fourth-order valence-corrected chi connectivity index (χ4v) is 3.54. The summed E-state index contributed by atoms with van der Waals surface area (Å²) in [7, 11) is 1.61. The Bertz CT molecular complexity index is 849. The number of hydrogen-bond donors (Lipinski definition) is 1. The third-order valence-corrected chi connectivity index (χ3v) is 5.20. The Morgan fingerprint density at radius 3 is 2.54 bits per heavy atom. The van der Waals surface area contributed by atoms with E-state index in [0.717, 1.165) is 11.3 Å². The van der Waals surface area contributed by atoms with Crippen LogP contribution in [0, 0.1) is 16.0 Å². The lowest BCUT2D eigenvalue weighted by atomic mass is 9.95. The highest BCUT2D eigenvalue weighted by molar-refractivity contribution is 6.30. The van der Waals surface area contributed by atoms with Crippen molar-refractivity contribution in [3.63, 3.8) is 0 Å². The first-order valence-electron chi connectivity index (χ1n) is 9.07. The van der Waals surface area contributed by atoms with E-state index >= 15 is 0 Å². The fraction of sp³-hybridized carbons (Fsp3) is 0.350. The molecule has 1 N–H and O–H groups in total. The zero-order chi connectivity index (χ0) is 20.1. The molecule has 1 fully saturated rings. The molecule has 1 aliphatic rings. The van der Waals surface area contributed by atoms with E-state index in [-0.39, 0.29) is 17.5 Å². The second kappa shape index (κ2) is 8.93. The number of nitrogens with one attached hydrogen (secondary N) is 1. The molecule has 0 aromatic heterocycles. The summed E-state index contributed by atoms with van der Waals surface area (Å²) in [5.74, 6) is 0.695. The smallest absolute Gasteiger partial charge is 0.294 e. The van der Waals surface area contributed by atoms with Crippen molar-refractivity contribution in [2.75, 3.05) is 25.1 Å². The Hall–Kier alpha value is -2.80. The maximum Gasteiger partial charge on any atom is 0.294 e. The number of nitro benzene ring substituents is 1. The number of nitro groups is 1. The van der Waals surface area contributed by atoms with Gasteiger partial charge in [-0.05, 0) is 42.7 Å². The summed E-state index contributed by atoms with van der Waals surface area (Å²) in [6.07, 6.45) is 1.29. The Balaban J connectivity index is 1.55. The average molecular weight is 404 g/mol. The van der Waals surface area contributed by atoms with E-state index in [2.05, 4.69) is 5.32 Å². The van der Waals surface area contributed by atoms with Crippen LogP contribution in [-0.2, 0) is 11.3 Å². The molecule has 0 radical (unpaired) electrons. The predicted molar refractivity (Wildman–Crippen MR) is 108 cm³/mol. The van der Waals surface area contributed by atoms with E-state index in [4.69, 9.17) is 16.3 Å². The topological polar surface area (TPSA) is 84.7 Å². The van der Waals surface area contributed by atoms with Gasteiger partial charge in [0.15, 0.2) is 0 Å². The second-order valence-electron chi connectivity index (χ2n) is 6.72. The maximum absolute atomic E-state index is 12.5. The Kier molecular flexibility index (Phi) is 6.36. The highest BCUT2D eigenvalue weighted by Crippen LogP contribution is 2.33. The second-order valence-corrected chi connectivity index (χ2v) is 7.15. The van der Waals surface area contributed by atoms with E-state index in [1.54, 1.807) is 19.2 Å². The Labute approximate surface area is 168 Å². The minimum Gasteiger partial charge on any atom is -0.497 e. The van der Waals surface area contributed by atoms with Crippen LogP contribution in [-0.4, -0.2) is 31.0 Å². The summed E-state index contributed by atoms with van der Waals surface area (Å²) in [6, 6.07) is 12.2. The SMILES string of the molecule is COc1ccc(CNC(=O)C2CCN(c3ccc(Cl)cc3[N+](=O)[O-])CC2)cc1. The lowest BCUT2D eigenvalue weighted by Gasteiger charge is -2.32. The van der Waals surface area contributed by atoms with Crippen LogP contribution < -0.4 is 15.0 Å². The van der Waals surface area contributed by atoms with E-state index in [0.29, 0.717) is 43.2 Å². The van der Waals surface area contributed by atoms with Crippen LogP contribution in [0.3, 0.4) is 0 Å². The van der Waals surface area contributed by atoms with E-state index in [9.17, 15) is 14.9 Å². The van der Waals surface area contributed by atoms with Gasteiger partial charge in [-0.15, -0.1) is 0 Å². The number of anilines is 1. The maximum atomic E-state index is 12.5. The minimum absolute atomic E-state index is 0.00472. The van der Waals surface area contributed by atoms with Gasteiger partial charge >= 0.3 is 0 Å². The molecule has 1 heterocycles. The molecule has 0 saturated carbocycles. The molecule has 0 spiro atoms. The van der Waals surface area contributed by atoms with Gasteiger partial charge in [0.05, 0.1) is 12.0 Å². The van der Waals surface area contributed by atoms with Crippen LogP contribution in [0.4, 0.5) is 11.4 Å². The Morgan fingerprint density at radius 2 is 1.93 bits per heavy atom. The minimum atomic E-state index is -0.422. The molecule has 1 aliphatic heterocycles. The van der Waals surface area contributed by atoms with Gasteiger partial charge in [-0.1, -0.05) is 23.7 Å². The summed E-state index contributed by atoms with van der Waals surface area (Å²) >= 11 is 5.88. The van der Waals surface area contributed by atoms with Crippen molar-refractivity contribution in [1.29, 1.82) is 0 Å². The first kappa shape index (κ1) is 19.9. The van der Waals surface area contributed by atoms with Crippen molar-refractivity contribution in [2.24, 2.45) is 5.92 Å². The molecule has 148 valence electrons. The molecular weight excluding hydrogens is 382 g/mol. The van der Waals surface area contributed by atoms with Crippen molar-refractivity contribution in [3.05, 3.63) is 63.2 Å². The van der Waals surface area contributed by atoms with Crippen LogP contribution in [0.5, 0.6) is 5.75 Å². The van der Waals surface area contributed by atoms with Crippen molar-refractivity contribution in [3.8, 4) is 5.75 Å². The van der Waals surface area contributed by atoms with Crippen molar-refractivity contribution in [1.82, 2.24) is 5.32 Å². The van der Waals surface area contributed by atoms with E-state index in [1.807, 2.05) is 29.2 Å². The van der Waals surface area contributed by atoms with E-state index in [1.165, 1.54) is 6.07 Å². The van der Waals surface area contributed by atoms with E-state index < -0.39 is 4.92 Å². The number of benzene rings is 2. The fourth-order valence-electron chi connectivity index (χ4n) is 3.37. The van der Waals surface area contributed by atoms with Gasteiger partial charge in [0.25, 0.3) is 5.69 Å². The van der Waals surface area contributed by atoms with Gasteiger partial charge in [-0.25, -0.2) is 0 Å². The highest BCUT2D eigenvalue weighted by Gasteiger charge is 2.28. The van der Waals surface area contributed by atoms with Crippen LogP contribution in [0.2, 0.25) is 5.02 Å². The first-order chi connectivity index (χ1) is 13.5. The zero-order valence-electron chi connectivity index (χ0n) is 15.6. The van der Waals surface area contributed by atoms with Gasteiger partial charge in [0.2, 0.25) is 5.91 Å². The van der Waals surface area contributed by atoms with Gasteiger partial charge in [-0.2, -0.15) is 0 Å². The number of piperidine rings is 1. The van der Waals surface area contributed by atoms with Crippen molar-refractivity contribution in [2.45, 2.75) is 19.4 Å². The number of halogens is 1. The molecule has 3 rings (SSSR count). The number of nitrogens with zero attached hydrogens (tertiary/aromatic N) is 2. The monoisotopic (exact) mass is 403 g/mol. The number of amides is 1. The molecule has 0 atom stereocenters. The van der Waals surface area contributed by atoms with Crippen LogP contribution in [0.1, 0.15) is 18.4 Å². The van der Waals surface area contributed by atoms with Crippen molar-refractivity contribution < 1.29 is 14.5 Å². The Morgan fingerprint density at radius 1 is 1.25 bits per heavy atom. The van der Waals surface area contributed by atoms with Gasteiger partial charge < -0.3 is 15.0 Å². The van der Waals surface area contributed by atoms with Crippen molar-refractivity contribution >= 4 is 28.9 Å². The predicted octanol–water partition coefficient (Wildman–Crippen LogP) is 3.79. The number of ether oxygens (including phenoxy) is 1. The molecule has 1 amide bonds. The van der Waals surface area contributed by atoms with Gasteiger partial charge in [0.1, 0.15) is 11.4 Å². The average Bonchev–Trinajstić information content (AvgIpc) is 2.72. The third kappa shape index (κ3) is 4.72. The summed E-state index contributed by atoms with van der Waals surface area (Å²) in [4.78, 5) is 25.3. The summed E-state index contributed by atoms with van der Waals surface area (Å²) in [5.41, 5.74) is 1.55. The lowest BCUT2D eigenvalue weighted by molar-refractivity contribution is -0.384. The zero-order valence-corrected chi connectivity index (χ0v) is 16.3. The summed E-state index contributed by atoms with van der Waals surface area (Å²) < 4.78 is 5.12.